The van der Waals surface area contributed by atoms with Gasteiger partial charge in [-0.3, -0.25) is 9.78 Å². The van der Waals surface area contributed by atoms with Crippen LogP contribution in [0.3, 0.4) is 0 Å². The lowest BCUT2D eigenvalue weighted by molar-refractivity contribution is 0.0953. The van der Waals surface area contributed by atoms with Crippen LogP contribution in [0.15, 0.2) is 18.6 Å². The summed E-state index contributed by atoms with van der Waals surface area (Å²) in [6.07, 6.45) is 4.35. The number of hydrogen-bond donors (Lipinski definition) is 0. The zero-order valence-corrected chi connectivity index (χ0v) is 5.48. The molecule has 0 aliphatic heterocycles. The minimum atomic E-state index is -0.340. The van der Waals surface area contributed by atoms with Gasteiger partial charge in [0.2, 0.25) is 0 Å². The van der Waals surface area contributed by atoms with Gasteiger partial charge in [-0.1, -0.05) is 0 Å². The van der Waals surface area contributed by atoms with Gasteiger partial charge < -0.3 is 0 Å². The second-order valence-corrected chi connectivity index (χ2v) is 1.62. The van der Waals surface area contributed by atoms with Gasteiger partial charge in [-0.2, -0.15) is 0 Å². The smallest absolute Gasteiger partial charge is 0.265 e. The van der Waals surface area contributed by atoms with Gasteiger partial charge in [0.1, 0.15) is 5.69 Å². The van der Waals surface area contributed by atoms with Gasteiger partial charge in [-0.15, -0.1) is 0 Å². The Labute approximate surface area is 58.3 Å². The normalized spacial score (nSPS) is 8.90. The summed E-state index contributed by atoms with van der Waals surface area (Å²) in [5.41, 5.74) is 0.282. The standard InChI is InChI=1S/C6H6N3O/c1-7-6(10)5-4-8-2-3-9-5/h2-4H,1H3. The van der Waals surface area contributed by atoms with Crippen LogP contribution in [0.1, 0.15) is 10.5 Å². The zero-order valence-electron chi connectivity index (χ0n) is 5.48. The Hall–Kier alpha value is -1.45. The van der Waals surface area contributed by atoms with Crippen molar-refractivity contribution in [1.82, 2.24) is 15.3 Å². The number of rotatable bonds is 1. The molecule has 1 aromatic heterocycles. The predicted octanol–water partition coefficient (Wildman–Crippen LogP) is -0.149. The lowest BCUT2D eigenvalue weighted by atomic mass is 10.4. The topological polar surface area (TPSA) is 57.0 Å². The molecule has 10 heavy (non-hydrogen) atoms. The highest BCUT2D eigenvalue weighted by Gasteiger charge is 2.02. The van der Waals surface area contributed by atoms with Crippen molar-refractivity contribution in [3.8, 4) is 0 Å². The SMILES string of the molecule is C[N]C(=O)c1cnccn1. The molecule has 0 aromatic carbocycles. The van der Waals surface area contributed by atoms with E-state index >= 15 is 0 Å². The Morgan fingerprint density at radius 3 is 2.90 bits per heavy atom. The lowest BCUT2D eigenvalue weighted by Gasteiger charge is -1.91. The van der Waals surface area contributed by atoms with Crippen molar-refractivity contribution in [2.45, 2.75) is 0 Å². The molecular weight excluding hydrogens is 130 g/mol. The fourth-order valence-electron chi connectivity index (χ4n) is 0.524. The van der Waals surface area contributed by atoms with Crippen molar-refractivity contribution in [2.75, 3.05) is 7.05 Å². The fraction of sp³-hybridized carbons (Fsp3) is 0.167. The molecule has 0 spiro atoms. The van der Waals surface area contributed by atoms with Crippen LogP contribution in [-0.4, -0.2) is 22.9 Å². The first-order valence-electron chi connectivity index (χ1n) is 2.75. The molecule has 51 valence electrons. The number of carbonyl (C=O) groups excluding carboxylic acids is 1. The van der Waals surface area contributed by atoms with E-state index in [-0.39, 0.29) is 11.6 Å². The van der Waals surface area contributed by atoms with Gasteiger partial charge in [-0.05, 0) is 0 Å². The third-order valence-corrected chi connectivity index (χ3v) is 0.985. The number of nitrogens with zero attached hydrogens (tertiary/aromatic N) is 3. The first-order valence-corrected chi connectivity index (χ1v) is 2.75. The van der Waals surface area contributed by atoms with Crippen molar-refractivity contribution in [3.05, 3.63) is 24.3 Å². The van der Waals surface area contributed by atoms with Crippen molar-refractivity contribution in [1.29, 1.82) is 0 Å². The Bertz CT molecular complexity index is 222. The van der Waals surface area contributed by atoms with Crippen LogP contribution in [0.25, 0.3) is 0 Å². The molecule has 1 rings (SSSR count). The highest BCUT2D eigenvalue weighted by atomic mass is 16.1. The van der Waals surface area contributed by atoms with Crippen molar-refractivity contribution < 1.29 is 4.79 Å². The van der Waals surface area contributed by atoms with Crippen LogP contribution in [0.2, 0.25) is 0 Å². The van der Waals surface area contributed by atoms with E-state index in [2.05, 4.69) is 15.3 Å². The van der Waals surface area contributed by atoms with Crippen LogP contribution in [0.4, 0.5) is 0 Å². The molecule has 1 heterocycles. The average molecular weight is 136 g/mol. The van der Waals surface area contributed by atoms with Crippen LogP contribution >= 0.6 is 0 Å². The highest BCUT2D eigenvalue weighted by molar-refractivity contribution is 5.91. The monoisotopic (exact) mass is 136 g/mol. The molecule has 0 bridgehead atoms. The summed E-state index contributed by atoms with van der Waals surface area (Å²) in [6.45, 7) is 0. The van der Waals surface area contributed by atoms with E-state index in [1.807, 2.05) is 0 Å². The van der Waals surface area contributed by atoms with E-state index in [0.29, 0.717) is 0 Å². The number of hydrogen-bond acceptors (Lipinski definition) is 3. The van der Waals surface area contributed by atoms with E-state index < -0.39 is 0 Å². The molecule has 1 radical (unpaired) electrons. The lowest BCUT2D eigenvalue weighted by Crippen LogP contribution is -2.12. The molecule has 0 N–H and O–H groups in total. The third kappa shape index (κ3) is 1.28. The molecule has 4 heteroatoms. The second-order valence-electron chi connectivity index (χ2n) is 1.62. The van der Waals surface area contributed by atoms with E-state index in [4.69, 9.17) is 0 Å². The van der Waals surface area contributed by atoms with Crippen molar-refractivity contribution >= 4 is 5.91 Å². The molecule has 0 aliphatic carbocycles. The Balaban J connectivity index is 2.85. The van der Waals surface area contributed by atoms with E-state index in [1.165, 1.54) is 25.6 Å². The highest BCUT2D eigenvalue weighted by Crippen LogP contribution is 1.88. The molecule has 0 aliphatic rings. The first-order chi connectivity index (χ1) is 4.84. The quantitative estimate of drug-likeness (QED) is 0.539. The molecule has 0 unspecified atom stereocenters. The van der Waals surface area contributed by atoms with Gasteiger partial charge in [-0.25, -0.2) is 10.3 Å². The van der Waals surface area contributed by atoms with E-state index in [9.17, 15) is 4.79 Å². The molecule has 0 fully saturated rings. The Kier molecular flexibility index (Phi) is 1.94. The predicted molar refractivity (Wildman–Crippen MR) is 34.4 cm³/mol. The first kappa shape index (κ1) is 6.67. The van der Waals surface area contributed by atoms with Gasteiger partial charge in [0, 0.05) is 19.4 Å². The number of amides is 1. The van der Waals surface area contributed by atoms with E-state index in [0.717, 1.165) is 0 Å². The van der Waals surface area contributed by atoms with Gasteiger partial charge >= 0.3 is 0 Å². The summed E-state index contributed by atoms with van der Waals surface area (Å²) in [5, 5.41) is 3.42. The Morgan fingerprint density at radius 1 is 1.60 bits per heavy atom. The van der Waals surface area contributed by atoms with Crippen LogP contribution < -0.4 is 5.32 Å². The number of aromatic nitrogens is 2. The largest absolute Gasteiger partial charge is 0.292 e. The van der Waals surface area contributed by atoms with Gasteiger partial charge in [0.05, 0.1) is 6.20 Å². The van der Waals surface area contributed by atoms with Crippen molar-refractivity contribution in [3.63, 3.8) is 0 Å². The van der Waals surface area contributed by atoms with Crippen LogP contribution in [-0.2, 0) is 0 Å². The summed E-state index contributed by atoms with van der Waals surface area (Å²) < 4.78 is 0. The summed E-state index contributed by atoms with van der Waals surface area (Å²) in [7, 11) is 1.43. The number of carbonyl (C=O) groups is 1. The average Bonchev–Trinajstić information content (AvgIpc) is 2.05. The summed E-state index contributed by atoms with van der Waals surface area (Å²) in [4.78, 5) is 18.2. The van der Waals surface area contributed by atoms with Crippen LogP contribution in [0.5, 0.6) is 0 Å². The Morgan fingerprint density at radius 2 is 2.40 bits per heavy atom. The zero-order chi connectivity index (χ0) is 7.40. The van der Waals surface area contributed by atoms with Gasteiger partial charge in [0.15, 0.2) is 0 Å². The second kappa shape index (κ2) is 2.91. The maximum Gasteiger partial charge on any atom is 0.292 e. The van der Waals surface area contributed by atoms with Crippen molar-refractivity contribution in [2.24, 2.45) is 0 Å². The van der Waals surface area contributed by atoms with Gasteiger partial charge in [0.25, 0.3) is 5.91 Å². The maximum atomic E-state index is 10.7. The maximum absolute atomic E-state index is 10.7. The minimum absolute atomic E-state index is 0.282. The molecule has 0 atom stereocenters. The summed E-state index contributed by atoms with van der Waals surface area (Å²) in [6, 6.07) is 0. The molecule has 4 nitrogen and oxygen atoms in total. The van der Waals surface area contributed by atoms with E-state index in [1.54, 1.807) is 0 Å². The fourth-order valence-corrected chi connectivity index (χ4v) is 0.524. The minimum Gasteiger partial charge on any atom is -0.265 e. The summed E-state index contributed by atoms with van der Waals surface area (Å²) >= 11 is 0. The molecular formula is C6H6N3O. The molecule has 1 amide bonds. The summed E-state index contributed by atoms with van der Waals surface area (Å²) in [5.74, 6) is -0.340. The molecule has 1 aromatic rings. The van der Waals surface area contributed by atoms with Crippen LogP contribution in [0, 0.1) is 0 Å². The molecule has 0 saturated heterocycles. The third-order valence-electron chi connectivity index (χ3n) is 0.985. The molecule has 0 saturated carbocycles.